The molecular formula is C22H32N2O3. The summed E-state index contributed by atoms with van der Waals surface area (Å²) in [5.41, 5.74) is 2.62. The van der Waals surface area contributed by atoms with Gasteiger partial charge >= 0.3 is 0 Å². The average molecular weight is 373 g/mol. The maximum atomic E-state index is 13.3. The number of nitrogens with one attached hydrogen (secondary N) is 1. The third-order valence-electron chi connectivity index (χ3n) is 6.52. The summed E-state index contributed by atoms with van der Waals surface area (Å²) in [5.74, 6) is 1.77. The Morgan fingerprint density at radius 2 is 2.11 bits per heavy atom. The minimum Gasteiger partial charge on any atom is -0.497 e. The molecule has 1 saturated heterocycles. The fourth-order valence-corrected chi connectivity index (χ4v) is 5.00. The molecule has 2 fully saturated rings. The van der Waals surface area contributed by atoms with Crippen LogP contribution in [0.1, 0.15) is 49.7 Å². The maximum Gasteiger partial charge on any atom is 0.224 e. The number of nitrogens with zero attached hydrogens (tertiary/aromatic N) is 1. The molecule has 3 aliphatic rings. The van der Waals surface area contributed by atoms with Gasteiger partial charge in [0.05, 0.1) is 20.3 Å². The first-order chi connectivity index (χ1) is 13.2. The largest absolute Gasteiger partial charge is 0.497 e. The number of carbonyl (C=O) groups is 1. The molecule has 5 heteroatoms. The molecule has 2 heterocycles. The lowest BCUT2D eigenvalue weighted by atomic mass is 9.78. The summed E-state index contributed by atoms with van der Waals surface area (Å²) in [6, 6.07) is 6.84. The van der Waals surface area contributed by atoms with E-state index in [1.54, 1.807) is 7.11 Å². The highest BCUT2D eigenvalue weighted by Gasteiger charge is 2.36. The van der Waals surface area contributed by atoms with E-state index in [9.17, 15) is 4.79 Å². The first-order valence-corrected chi connectivity index (χ1v) is 10.5. The van der Waals surface area contributed by atoms with E-state index >= 15 is 0 Å². The maximum absolute atomic E-state index is 13.3. The van der Waals surface area contributed by atoms with Crippen LogP contribution in [0, 0.1) is 5.92 Å². The summed E-state index contributed by atoms with van der Waals surface area (Å²) < 4.78 is 11.0. The molecule has 27 heavy (non-hydrogen) atoms. The second-order valence-corrected chi connectivity index (χ2v) is 8.26. The zero-order chi connectivity index (χ0) is 18.6. The normalized spacial score (nSPS) is 26.5. The van der Waals surface area contributed by atoms with Crippen molar-refractivity contribution in [1.29, 1.82) is 0 Å². The Balaban J connectivity index is 1.55. The van der Waals surface area contributed by atoms with Gasteiger partial charge in [-0.1, -0.05) is 25.3 Å². The minimum atomic E-state index is 0.143. The van der Waals surface area contributed by atoms with Crippen molar-refractivity contribution in [1.82, 2.24) is 10.2 Å². The molecule has 2 atom stereocenters. The van der Waals surface area contributed by atoms with E-state index in [-0.39, 0.29) is 11.9 Å². The van der Waals surface area contributed by atoms with E-state index in [1.165, 1.54) is 43.2 Å². The number of fused-ring (bicyclic) bond motifs is 1. The number of amides is 1. The number of rotatable bonds is 4. The highest BCUT2D eigenvalue weighted by atomic mass is 16.5. The lowest BCUT2D eigenvalue weighted by Crippen LogP contribution is -2.51. The summed E-state index contributed by atoms with van der Waals surface area (Å²) in [6.07, 6.45) is 7.96. The molecule has 2 aliphatic heterocycles. The van der Waals surface area contributed by atoms with Gasteiger partial charge in [0.1, 0.15) is 5.75 Å². The summed E-state index contributed by atoms with van der Waals surface area (Å²) in [6.45, 7) is 2.93. The highest BCUT2D eigenvalue weighted by molar-refractivity contribution is 5.77. The van der Waals surface area contributed by atoms with Crippen molar-refractivity contribution in [3.05, 3.63) is 29.3 Å². The first kappa shape index (κ1) is 18.8. The fraction of sp³-hybridized carbons (Fsp3) is 0.682. The van der Waals surface area contributed by atoms with Crippen LogP contribution in [0.5, 0.6) is 5.75 Å². The van der Waals surface area contributed by atoms with Crippen LogP contribution in [-0.2, 0) is 22.5 Å². The molecule has 2 unspecified atom stereocenters. The van der Waals surface area contributed by atoms with Crippen LogP contribution >= 0.6 is 0 Å². The molecule has 1 aromatic rings. The van der Waals surface area contributed by atoms with Crippen LogP contribution in [0.15, 0.2) is 18.2 Å². The number of hydrogen-bond donors (Lipinski definition) is 1. The first-order valence-electron chi connectivity index (χ1n) is 10.5. The lowest BCUT2D eigenvalue weighted by Gasteiger charge is -2.43. The monoisotopic (exact) mass is 372 g/mol. The Morgan fingerprint density at radius 1 is 1.26 bits per heavy atom. The average Bonchev–Trinajstić information content (AvgIpc) is 2.73. The van der Waals surface area contributed by atoms with E-state index in [0.717, 1.165) is 25.3 Å². The number of morpholine rings is 1. The topological polar surface area (TPSA) is 50.8 Å². The van der Waals surface area contributed by atoms with Gasteiger partial charge in [-0.15, -0.1) is 0 Å². The quantitative estimate of drug-likeness (QED) is 0.883. The van der Waals surface area contributed by atoms with Gasteiger partial charge in [0.25, 0.3) is 0 Å². The zero-order valence-electron chi connectivity index (χ0n) is 16.4. The van der Waals surface area contributed by atoms with E-state index in [0.29, 0.717) is 31.5 Å². The molecule has 0 aromatic heterocycles. The number of methoxy groups -OCH3 is 1. The number of ether oxygens (including phenoxy) is 2. The van der Waals surface area contributed by atoms with Crippen molar-refractivity contribution < 1.29 is 14.3 Å². The van der Waals surface area contributed by atoms with E-state index < -0.39 is 0 Å². The van der Waals surface area contributed by atoms with Crippen LogP contribution in [0.3, 0.4) is 0 Å². The standard InChI is InChI=1S/C22H32N2O3/c1-26-20-8-7-17-12-21(16-5-3-2-4-6-16)24(14-18(17)11-20)22(25)13-19-15-27-10-9-23-19/h7-8,11,16,19,21,23H,2-6,9-10,12-15H2,1H3. The fourth-order valence-electron chi connectivity index (χ4n) is 5.00. The Bertz CT molecular complexity index is 651. The van der Waals surface area contributed by atoms with Crippen LogP contribution in [0.4, 0.5) is 0 Å². The third kappa shape index (κ3) is 4.30. The smallest absolute Gasteiger partial charge is 0.224 e. The van der Waals surface area contributed by atoms with Gasteiger partial charge in [-0.25, -0.2) is 0 Å². The van der Waals surface area contributed by atoms with Crippen LogP contribution in [0.2, 0.25) is 0 Å². The molecule has 0 bridgehead atoms. The molecule has 148 valence electrons. The molecular weight excluding hydrogens is 340 g/mol. The molecule has 0 radical (unpaired) electrons. The van der Waals surface area contributed by atoms with Crippen molar-refractivity contribution in [3.8, 4) is 5.75 Å². The number of carbonyl (C=O) groups excluding carboxylic acids is 1. The highest BCUT2D eigenvalue weighted by Crippen LogP contribution is 2.36. The van der Waals surface area contributed by atoms with Crippen molar-refractivity contribution in [2.75, 3.05) is 26.9 Å². The zero-order valence-corrected chi connectivity index (χ0v) is 16.4. The molecule has 1 saturated carbocycles. The molecule has 1 aliphatic carbocycles. The summed E-state index contributed by atoms with van der Waals surface area (Å²) in [7, 11) is 1.70. The number of benzene rings is 1. The molecule has 4 rings (SSSR count). The summed E-state index contributed by atoms with van der Waals surface area (Å²) in [5, 5.41) is 3.43. The van der Waals surface area contributed by atoms with Crippen LogP contribution < -0.4 is 10.1 Å². The van der Waals surface area contributed by atoms with Crippen molar-refractivity contribution in [2.45, 2.75) is 63.6 Å². The van der Waals surface area contributed by atoms with Crippen LogP contribution in [-0.4, -0.2) is 49.8 Å². The van der Waals surface area contributed by atoms with E-state index in [1.807, 2.05) is 0 Å². The van der Waals surface area contributed by atoms with Gasteiger partial charge in [-0.3, -0.25) is 4.79 Å². The van der Waals surface area contributed by atoms with Gasteiger partial charge in [0.15, 0.2) is 0 Å². The van der Waals surface area contributed by atoms with Gasteiger partial charge in [0, 0.05) is 31.6 Å². The Labute approximate surface area is 162 Å². The van der Waals surface area contributed by atoms with E-state index in [4.69, 9.17) is 9.47 Å². The van der Waals surface area contributed by atoms with Gasteiger partial charge in [0.2, 0.25) is 5.91 Å². The summed E-state index contributed by atoms with van der Waals surface area (Å²) >= 11 is 0. The third-order valence-corrected chi connectivity index (χ3v) is 6.52. The van der Waals surface area contributed by atoms with Crippen LogP contribution in [0.25, 0.3) is 0 Å². The predicted octanol–water partition coefficient (Wildman–Crippen LogP) is 2.91. The van der Waals surface area contributed by atoms with Gasteiger partial charge in [-0.2, -0.15) is 0 Å². The Morgan fingerprint density at radius 3 is 2.85 bits per heavy atom. The molecule has 5 nitrogen and oxygen atoms in total. The Hall–Kier alpha value is -1.59. The second-order valence-electron chi connectivity index (χ2n) is 8.26. The minimum absolute atomic E-state index is 0.143. The second kappa shape index (κ2) is 8.61. The molecule has 1 aromatic carbocycles. The SMILES string of the molecule is COc1ccc2c(c1)CN(C(=O)CC1COCCN1)C(C1CCCCC1)C2. The molecule has 1 N–H and O–H groups in total. The van der Waals surface area contributed by atoms with Gasteiger partial charge in [-0.05, 0) is 48.4 Å². The van der Waals surface area contributed by atoms with Gasteiger partial charge < -0.3 is 19.7 Å². The Kier molecular flexibility index (Phi) is 5.98. The molecule has 0 spiro atoms. The predicted molar refractivity (Wildman–Crippen MR) is 105 cm³/mol. The van der Waals surface area contributed by atoms with E-state index in [2.05, 4.69) is 28.4 Å². The summed E-state index contributed by atoms with van der Waals surface area (Å²) in [4.78, 5) is 15.5. The molecule has 1 amide bonds. The number of hydrogen-bond acceptors (Lipinski definition) is 4. The lowest BCUT2D eigenvalue weighted by molar-refractivity contribution is -0.137. The van der Waals surface area contributed by atoms with Crippen molar-refractivity contribution in [3.63, 3.8) is 0 Å². The van der Waals surface area contributed by atoms with Crippen molar-refractivity contribution >= 4 is 5.91 Å². The van der Waals surface area contributed by atoms with Crippen molar-refractivity contribution in [2.24, 2.45) is 5.92 Å².